The molecule has 3 aromatic carbocycles. The lowest BCUT2D eigenvalue weighted by molar-refractivity contribution is -0.137. The van der Waals surface area contributed by atoms with Crippen LogP contribution >= 0.6 is 22.6 Å². The Morgan fingerprint density at radius 2 is 1.63 bits per heavy atom. The number of alkyl halides is 3. The molecule has 30 heavy (non-hydrogen) atoms. The lowest BCUT2D eigenvalue weighted by atomic mass is 10.1. The summed E-state index contributed by atoms with van der Waals surface area (Å²) < 4.78 is 40.7. The van der Waals surface area contributed by atoms with Crippen molar-refractivity contribution >= 4 is 51.5 Å². The number of carboxylic acids is 1. The molecule has 9 heteroatoms. The van der Waals surface area contributed by atoms with Gasteiger partial charge in [0.2, 0.25) is 0 Å². The maximum absolute atomic E-state index is 13.2. The van der Waals surface area contributed by atoms with Crippen molar-refractivity contribution in [1.29, 1.82) is 0 Å². The Bertz CT molecular complexity index is 1140. The van der Waals surface area contributed by atoms with Gasteiger partial charge in [0.15, 0.2) is 5.84 Å². The number of hydrogen-bond donors (Lipinski definition) is 1. The lowest BCUT2D eigenvalue weighted by Gasteiger charge is -2.29. The number of halogens is 4. The summed E-state index contributed by atoms with van der Waals surface area (Å²) in [6.07, 6.45) is -4.50. The number of carbonyl (C=O) groups is 1. The molecule has 5 nitrogen and oxygen atoms in total. The topological polar surface area (TPSA) is 67.0 Å². The van der Waals surface area contributed by atoms with Gasteiger partial charge in [0.1, 0.15) is 0 Å². The van der Waals surface area contributed by atoms with Crippen molar-refractivity contribution in [1.82, 2.24) is 5.43 Å². The highest BCUT2D eigenvalue weighted by atomic mass is 127. The van der Waals surface area contributed by atoms with E-state index < -0.39 is 17.7 Å². The number of aromatic carboxylic acids is 1. The largest absolute Gasteiger partial charge is 0.478 e. The molecule has 1 heterocycles. The minimum atomic E-state index is -4.50. The molecular formula is C21H12F3IN3O2. The first kappa shape index (κ1) is 20.2. The van der Waals surface area contributed by atoms with E-state index in [9.17, 15) is 18.0 Å². The Balaban J connectivity index is 1.83. The van der Waals surface area contributed by atoms with Crippen LogP contribution in [0.5, 0.6) is 0 Å². The van der Waals surface area contributed by atoms with Crippen LogP contribution in [0.2, 0.25) is 0 Å². The van der Waals surface area contributed by atoms with Gasteiger partial charge in [0, 0.05) is 9.13 Å². The number of benzene rings is 3. The molecule has 0 fully saturated rings. The molecule has 0 saturated carbocycles. The Morgan fingerprint density at radius 3 is 2.23 bits per heavy atom. The first-order valence-corrected chi connectivity index (χ1v) is 9.71. The van der Waals surface area contributed by atoms with Gasteiger partial charge < -0.3 is 5.11 Å². The summed E-state index contributed by atoms with van der Waals surface area (Å²) in [6.45, 7) is 0. The first-order valence-electron chi connectivity index (χ1n) is 8.63. The van der Waals surface area contributed by atoms with Crippen LogP contribution in [-0.4, -0.2) is 16.9 Å². The van der Waals surface area contributed by atoms with Crippen LogP contribution in [0.25, 0.3) is 0 Å². The predicted molar refractivity (Wildman–Crippen MR) is 114 cm³/mol. The molecule has 3 aromatic rings. The summed E-state index contributed by atoms with van der Waals surface area (Å²) in [5.41, 5.74) is 5.47. The molecule has 1 aliphatic heterocycles. The standard InChI is InChI=1S/C21H12F3IN3O2/c22-21(23,24)14-5-10-18-17(11-14)26-19(12-1-3-13(4-2-12)20(29)30)27-28(18)16-8-6-15(25)7-9-16/h1-11H,(H,29,30). The Hall–Kier alpha value is -3.08. The van der Waals surface area contributed by atoms with Crippen LogP contribution in [0, 0.1) is 3.57 Å². The first-order chi connectivity index (χ1) is 14.2. The van der Waals surface area contributed by atoms with Gasteiger partial charge in [-0.3, -0.25) is 0 Å². The molecule has 0 spiro atoms. The summed E-state index contributed by atoms with van der Waals surface area (Å²) in [5.74, 6) is -0.901. The summed E-state index contributed by atoms with van der Waals surface area (Å²) in [6, 6.07) is 16.5. The minimum Gasteiger partial charge on any atom is -0.478 e. The second-order valence-electron chi connectivity index (χ2n) is 6.41. The molecule has 0 atom stereocenters. The number of fused-ring (bicyclic) bond motifs is 1. The van der Waals surface area contributed by atoms with E-state index in [1.807, 2.05) is 24.3 Å². The van der Waals surface area contributed by atoms with Crippen molar-refractivity contribution in [2.75, 3.05) is 5.01 Å². The smallest absolute Gasteiger partial charge is 0.416 e. The van der Waals surface area contributed by atoms with Crippen molar-refractivity contribution < 1.29 is 23.1 Å². The van der Waals surface area contributed by atoms with Gasteiger partial charge in [0.05, 0.1) is 28.2 Å². The van der Waals surface area contributed by atoms with Crippen LogP contribution in [0.3, 0.4) is 0 Å². The number of anilines is 2. The molecule has 0 aromatic heterocycles. The lowest BCUT2D eigenvalue weighted by Crippen LogP contribution is -2.35. The van der Waals surface area contributed by atoms with Crippen LogP contribution in [-0.2, 0) is 6.18 Å². The molecular weight excluding hydrogens is 510 g/mol. The van der Waals surface area contributed by atoms with E-state index in [-0.39, 0.29) is 17.1 Å². The molecule has 1 aliphatic rings. The van der Waals surface area contributed by atoms with Crippen molar-refractivity contribution in [2.45, 2.75) is 6.18 Å². The Morgan fingerprint density at radius 1 is 0.967 bits per heavy atom. The number of hydrogen-bond acceptors (Lipinski definition) is 3. The van der Waals surface area contributed by atoms with E-state index in [4.69, 9.17) is 5.11 Å². The molecule has 151 valence electrons. The summed E-state index contributed by atoms with van der Waals surface area (Å²) >= 11 is 2.16. The van der Waals surface area contributed by atoms with Crippen molar-refractivity contribution in [3.8, 4) is 0 Å². The van der Waals surface area contributed by atoms with Crippen LogP contribution in [0.1, 0.15) is 21.5 Å². The third-order valence-electron chi connectivity index (χ3n) is 4.41. The van der Waals surface area contributed by atoms with E-state index in [1.165, 1.54) is 35.3 Å². The van der Waals surface area contributed by atoms with Crippen molar-refractivity contribution in [3.63, 3.8) is 0 Å². The second-order valence-corrected chi connectivity index (χ2v) is 7.65. The monoisotopic (exact) mass is 522 g/mol. The van der Waals surface area contributed by atoms with Gasteiger partial charge in [-0.25, -0.2) is 14.8 Å². The molecule has 1 radical (unpaired) electrons. The van der Waals surface area contributed by atoms with Gasteiger partial charge in [-0.15, -0.1) is 5.43 Å². The van der Waals surface area contributed by atoms with E-state index in [0.717, 1.165) is 15.7 Å². The molecule has 0 aliphatic carbocycles. The quantitative estimate of drug-likeness (QED) is 0.445. The molecule has 0 unspecified atom stereocenters. The van der Waals surface area contributed by atoms with Crippen LogP contribution in [0.4, 0.5) is 30.2 Å². The highest BCUT2D eigenvalue weighted by molar-refractivity contribution is 14.1. The Kier molecular flexibility index (Phi) is 5.14. The maximum atomic E-state index is 13.2. The third kappa shape index (κ3) is 3.97. The van der Waals surface area contributed by atoms with E-state index in [1.54, 1.807) is 0 Å². The minimum absolute atomic E-state index is 0.0874. The molecule has 0 saturated heterocycles. The Labute approximate surface area is 183 Å². The van der Waals surface area contributed by atoms with Gasteiger partial charge in [-0.2, -0.15) is 13.2 Å². The zero-order valence-corrected chi connectivity index (χ0v) is 17.2. The normalized spacial score (nSPS) is 13.3. The summed E-state index contributed by atoms with van der Waals surface area (Å²) in [7, 11) is 0. The highest BCUT2D eigenvalue weighted by Crippen LogP contribution is 2.41. The van der Waals surface area contributed by atoms with Gasteiger partial charge in [-0.05, 0) is 77.2 Å². The average Bonchev–Trinajstić information content (AvgIpc) is 2.72. The average molecular weight is 522 g/mol. The number of rotatable bonds is 3. The third-order valence-corrected chi connectivity index (χ3v) is 5.13. The fourth-order valence-corrected chi connectivity index (χ4v) is 3.28. The maximum Gasteiger partial charge on any atom is 0.416 e. The highest BCUT2D eigenvalue weighted by Gasteiger charge is 2.33. The fraction of sp³-hybridized carbons (Fsp3) is 0.0476. The second kappa shape index (κ2) is 7.63. The van der Waals surface area contributed by atoms with Crippen LogP contribution < -0.4 is 10.4 Å². The summed E-state index contributed by atoms with van der Waals surface area (Å²) in [5, 5.41) is 10.6. The van der Waals surface area contributed by atoms with Gasteiger partial charge in [0.25, 0.3) is 0 Å². The fourth-order valence-electron chi connectivity index (χ4n) is 2.92. The van der Waals surface area contributed by atoms with E-state index in [0.29, 0.717) is 16.9 Å². The molecule has 1 N–H and O–H groups in total. The number of aliphatic imine (C=N–C) groups is 1. The summed E-state index contributed by atoms with van der Waals surface area (Å²) in [4.78, 5) is 15.4. The predicted octanol–water partition coefficient (Wildman–Crippen LogP) is 5.76. The van der Waals surface area contributed by atoms with E-state index >= 15 is 0 Å². The molecule has 4 rings (SSSR count). The van der Waals surface area contributed by atoms with Gasteiger partial charge >= 0.3 is 12.1 Å². The van der Waals surface area contributed by atoms with Crippen molar-refractivity contribution in [3.05, 3.63) is 87.0 Å². The van der Waals surface area contributed by atoms with Crippen molar-refractivity contribution in [2.24, 2.45) is 4.99 Å². The zero-order chi connectivity index (χ0) is 21.5. The SMILES string of the molecule is O=C(O)c1ccc(C2=Nc3cc(C(F)(F)F)ccc3N(c3ccc(I)cc3)[N]2)cc1. The van der Waals surface area contributed by atoms with Crippen LogP contribution in [0.15, 0.2) is 71.7 Å². The number of carboxylic acid groups (broad SMARTS) is 1. The number of nitrogens with zero attached hydrogens (tertiary/aromatic N) is 3. The molecule has 0 bridgehead atoms. The molecule has 0 amide bonds. The zero-order valence-electron chi connectivity index (χ0n) is 15.1. The van der Waals surface area contributed by atoms with Gasteiger partial charge in [-0.1, -0.05) is 12.1 Å². The van der Waals surface area contributed by atoms with E-state index in [2.05, 4.69) is 33.0 Å². The number of amidine groups is 1.